The zero-order valence-corrected chi connectivity index (χ0v) is 23.4. The van der Waals surface area contributed by atoms with Crippen molar-refractivity contribution in [2.24, 2.45) is 0 Å². The predicted molar refractivity (Wildman–Crippen MR) is 153 cm³/mol. The van der Waals surface area contributed by atoms with E-state index in [9.17, 15) is 18.0 Å². The van der Waals surface area contributed by atoms with Gasteiger partial charge in [-0.1, -0.05) is 54.6 Å². The number of hydrogen-bond acceptors (Lipinski definition) is 7. The molecule has 11 heteroatoms. The molecule has 0 saturated carbocycles. The zero-order chi connectivity index (χ0) is 28.0. The number of nitrogens with one attached hydrogen (secondary N) is 2. The molecule has 1 unspecified atom stereocenters. The molecule has 1 atom stereocenters. The summed E-state index contributed by atoms with van der Waals surface area (Å²) in [6.45, 7) is 5.21. The van der Waals surface area contributed by atoms with Crippen molar-refractivity contribution in [1.82, 2.24) is 14.8 Å². The fourth-order valence-corrected chi connectivity index (χ4v) is 6.05. The van der Waals surface area contributed by atoms with Crippen molar-refractivity contribution in [1.29, 1.82) is 0 Å². The molecule has 1 heterocycles. The number of para-hydroxylation sites is 1. The fraction of sp³-hybridized carbons (Fsp3) is 0.214. The van der Waals surface area contributed by atoms with Crippen LogP contribution in [0.25, 0.3) is 5.69 Å². The van der Waals surface area contributed by atoms with Crippen molar-refractivity contribution in [2.75, 3.05) is 10.6 Å². The third-order valence-corrected chi connectivity index (χ3v) is 8.73. The molecule has 0 radical (unpaired) electrons. The summed E-state index contributed by atoms with van der Waals surface area (Å²) in [6.07, 6.45) is 0.499. The number of aryl methyl sites for hydroxylation is 1. The van der Waals surface area contributed by atoms with Crippen LogP contribution in [-0.2, 0) is 25.2 Å². The summed E-state index contributed by atoms with van der Waals surface area (Å²) in [6, 6.07) is 22.8. The molecule has 0 aliphatic rings. The fourth-order valence-electron chi connectivity index (χ4n) is 3.82. The highest BCUT2D eigenvalue weighted by atomic mass is 32.2. The number of thioether (sulfide) groups is 1. The molecule has 1 aromatic heterocycles. The molecule has 2 amide bonds. The molecule has 9 nitrogen and oxygen atoms in total. The number of carbonyl (C=O) groups excluding carboxylic acids is 2. The van der Waals surface area contributed by atoms with Crippen molar-refractivity contribution in [3.63, 3.8) is 0 Å². The Balaban J connectivity index is 1.58. The van der Waals surface area contributed by atoms with E-state index in [4.69, 9.17) is 0 Å². The van der Waals surface area contributed by atoms with E-state index in [0.717, 1.165) is 5.56 Å². The summed E-state index contributed by atoms with van der Waals surface area (Å²) in [5.74, 6) is -0.496. The van der Waals surface area contributed by atoms with E-state index >= 15 is 0 Å². The Morgan fingerprint density at radius 1 is 0.897 bits per heavy atom. The lowest BCUT2D eigenvalue weighted by Crippen LogP contribution is -2.25. The van der Waals surface area contributed by atoms with Crippen LogP contribution in [0.1, 0.15) is 31.7 Å². The highest BCUT2D eigenvalue weighted by molar-refractivity contribution is 8.00. The molecule has 0 bridgehead atoms. The number of sulfone groups is 1. The molecule has 39 heavy (non-hydrogen) atoms. The molecule has 3 aromatic carbocycles. The number of hydrogen-bond donors (Lipinski definition) is 2. The normalized spacial score (nSPS) is 12.1. The zero-order valence-electron chi connectivity index (χ0n) is 21.8. The lowest BCUT2D eigenvalue weighted by molar-refractivity contribution is -0.116. The monoisotopic (exact) mass is 563 g/mol. The summed E-state index contributed by atoms with van der Waals surface area (Å²) in [5.41, 5.74) is 2.88. The summed E-state index contributed by atoms with van der Waals surface area (Å²) in [5, 5.41) is 14.0. The number of rotatable bonds is 10. The summed E-state index contributed by atoms with van der Waals surface area (Å²) in [7, 11) is -3.69. The maximum Gasteiger partial charge on any atom is 0.237 e. The van der Waals surface area contributed by atoms with E-state index in [1.807, 2.05) is 44.2 Å². The molecule has 0 fully saturated rings. The van der Waals surface area contributed by atoms with E-state index in [0.29, 0.717) is 28.6 Å². The van der Waals surface area contributed by atoms with Gasteiger partial charge in [0.25, 0.3) is 0 Å². The van der Waals surface area contributed by atoms with Gasteiger partial charge in [0.15, 0.2) is 20.8 Å². The summed E-state index contributed by atoms with van der Waals surface area (Å²) < 4.78 is 28.1. The molecule has 0 saturated heterocycles. The highest BCUT2D eigenvalue weighted by Gasteiger charge is 2.26. The van der Waals surface area contributed by atoms with E-state index in [-0.39, 0.29) is 28.3 Å². The van der Waals surface area contributed by atoms with Crippen LogP contribution in [0.5, 0.6) is 0 Å². The van der Waals surface area contributed by atoms with Crippen molar-refractivity contribution >= 4 is 44.8 Å². The van der Waals surface area contributed by atoms with E-state index in [2.05, 4.69) is 20.8 Å². The molecular formula is C28H29N5O4S2. The summed E-state index contributed by atoms with van der Waals surface area (Å²) >= 11 is 1.22. The maximum atomic E-state index is 13.2. The number of carbonyl (C=O) groups is 2. The molecule has 4 aromatic rings. The Bertz CT molecular complexity index is 1550. The van der Waals surface area contributed by atoms with Crippen LogP contribution in [0.2, 0.25) is 0 Å². The van der Waals surface area contributed by atoms with E-state index in [1.165, 1.54) is 18.7 Å². The minimum absolute atomic E-state index is 0.178. The topological polar surface area (TPSA) is 123 Å². The van der Waals surface area contributed by atoms with Gasteiger partial charge in [-0.25, -0.2) is 8.42 Å². The Labute approximate surface area is 232 Å². The van der Waals surface area contributed by atoms with Gasteiger partial charge in [0, 0.05) is 24.0 Å². The Hall–Kier alpha value is -3.96. The second-order valence-electron chi connectivity index (χ2n) is 8.90. The van der Waals surface area contributed by atoms with Gasteiger partial charge in [0.05, 0.1) is 10.1 Å². The first kappa shape index (κ1) is 28.1. The standard InChI is InChI=1S/C28H29N5O4S2/c1-4-25(27(35)30-22-14-12-21(13-15-22)29-20(3)34)38-28-32-31-26(33(28)23-8-6-5-7-9-23)18-39(36,37)24-16-10-19(2)11-17-24/h5-17,25H,4,18H2,1-3H3,(H,29,34)(H,30,35). The summed E-state index contributed by atoms with van der Waals surface area (Å²) in [4.78, 5) is 24.6. The quantitative estimate of drug-likeness (QED) is 0.260. The van der Waals surface area contributed by atoms with Crippen LogP contribution in [0, 0.1) is 6.92 Å². The van der Waals surface area contributed by atoms with Gasteiger partial charge >= 0.3 is 0 Å². The first-order chi connectivity index (χ1) is 18.7. The first-order valence-electron chi connectivity index (χ1n) is 12.3. The maximum absolute atomic E-state index is 13.2. The third-order valence-electron chi connectivity index (χ3n) is 5.80. The van der Waals surface area contributed by atoms with Crippen LogP contribution >= 0.6 is 11.8 Å². The van der Waals surface area contributed by atoms with Gasteiger partial charge in [-0.05, 0) is 61.9 Å². The predicted octanol–water partition coefficient (Wildman–Crippen LogP) is 5.02. The number of amides is 2. The second kappa shape index (κ2) is 12.3. The molecule has 0 spiro atoms. The lowest BCUT2D eigenvalue weighted by Gasteiger charge is -2.16. The molecule has 2 N–H and O–H groups in total. The van der Waals surface area contributed by atoms with E-state index < -0.39 is 15.1 Å². The van der Waals surface area contributed by atoms with Gasteiger partial charge in [0.1, 0.15) is 5.75 Å². The number of nitrogens with zero attached hydrogens (tertiary/aromatic N) is 3. The number of anilines is 2. The SMILES string of the molecule is CCC(Sc1nnc(CS(=O)(=O)c2ccc(C)cc2)n1-c1ccccc1)C(=O)Nc1ccc(NC(C)=O)cc1. The number of benzene rings is 3. The first-order valence-corrected chi connectivity index (χ1v) is 14.8. The van der Waals surface area contributed by atoms with Crippen molar-refractivity contribution in [2.45, 2.75) is 48.2 Å². The average Bonchev–Trinajstić information content (AvgIpc) is 3.29. The van der Waals surface area contributed by atoms with Crippen LogP contribution in [-0.4, -0.2) is 40.2 Å². The minimum Gasteiger partial charge on any atom is -0.326 e. The Kier molecular flexibility index (Phi) is 8.82. The van der Waals surface area contributed by atoms with Crippen LogP contribution in [0.15, 0.2) is 88.9 Å². The van der Waals surface area contributed by atoms with Gasteiger partial charge in [0.2, 0.25) is 11.8 Å². The minimum atomic E-state index is -3.69. The van der Waals surface area contributed by atoms with Crippen LogP contribution < -0.4 is 10.6 Å². The lowest BCUT2D eigenvalue weighted by atomic mass is 10.2. The molecule has 0 aliphatic heterocycles. The Morgan fingerprint density at radius 3 is 2.10 bits per heavy atom. The second-order valence-corrected chi connectivity index (χ2v) is 12.1. The largest absolute Gasteiger partial charge is 0.326 e. The molecule has 202 valence electrons. The van der Waals surface area contributed by atoms with Crippen molar-refractivity contribution in [3.05, 3.63) is 90.3 Å². The Morgan fingerprint density at radius 2 is 1.51 bits per heavy atom. The van der Waals surface area contributed by atoms with Gasteiger partial charge < -0.3 is 10.6 Å². The molecular weight excluding hydrogens is 534 g/mol. The van der Waals surface area contributed by atoms with Crippen LogP contribution in [0.4, 0.5) is 11.4 Å². The van der Waals surface area contributed by atoms with Crippen molar-refractivity contribution in [3.8, 4) is 5.69 Å². The smallest absolute Gasteiger partial charge is 0.237 e. The highest BCUT2D eigenvalue weighted by Crippen LogP contribution is 2.30. The van der Waals surface area contributed by atoms with E-state index in [1.54, 1.807) is 53.1 Å². The van der Waals surface area contributed by atoms with Gasteiger partial charge in [-0.2, -0.15) is 0 Å². The van der Waals surface area contributed by atoms with Gasteiger partial charge in [-0.15, -0.1) is 10.2 Å². The molecule has 4 rings (SSSR count). The third kappa shape index (κ3) is 7.12. The molecule has 0 aliphatic carbocycles. The number of aromatic nitrogens is 3. The van der Waals surface area contributed by atoms with Crippen molar-refractivity contribution < 1.29 is 18.0 Å². The van der Waals surface area contributed by atoms with Gasteiger partial charge in [-0.3, -0.25) is 14.2 Å². The average molecular weight is 564 g/mol. The van der Waals surface area contributed by atoms with Crippen LogP contribution in [0.3, 0.4) is 0 Å².